The van der Waals surface area contributed by atoms with E-state index in [1.54, 1.807) is 4.68 Å². The van der Waals surface area contributed by atoms with Gasteiger partial charge in [-0.1, -0.05) is 30.1 Å². The van der Waals surface area contributed by atoms with Crippen molar-refractivity contribution in [2.45, 2.75) is 46.3 Å². The maximum Gasteiger partial charge on any atom is 0.214 e. The molecule has 0 amide bonds. The number of halogens is 2. The van der Waals surface area contributed by atoms with Gasteiger partial charge in [0.15, 0.2) is 11.6 Å². The summed E-state index contributed by atoms with van der Waals surface area (Å²) in [4.78, 5) is 0. The van der Waals surface area contributed by atoms with Crippen molar-refractivity contribution in [2.75, 3.05) is 5.43 Å². The SMILES string of the molecule is CCCc1n[nH]c(=S)n1NCc1cc(Cl)c(OC(C)C)c(Cl)c1. The molecule has 2 aromatic rings. The highest BCUT2D eigenvalue weighted by Gasteiger charge is 2.12. The zero-order valence-corrected chi connectivity index (χ0v) is 15.6. The third-order valence-corrected chi connectivity index (χ3v) is 3.90. The maximum absolute atomic E-state index is 6.27. The van der Waals surface area contributed by atoms with Gasteiger partial charge in [-0.2, -0.15) is 5.10 Å². The van der Waals surface area contributed by atoms with Gasteiger partial charge in [-0.25, -0.2) is 4.68 Å². The minimum atomic E-state index is 0.00911. The van der Waals surface area contributed by atoms with Crippen molar-refractivity contribution in [1.29, 1.82) is 0 Å². The first kappa shape index (κ1) is 18.1. The van der Waals surface area contributed by atoms with Crippen molar-refractivity contribution in [1.82, 2.24) is 14.9 Å². The summed E-state index contributed by atoms with van der Waals surface area (Å²) in [7, 11) is 0. The molecule has 0 aliphatic heterocycles. The average molecular weight is 375 g/mol. The number of hydrogen-bond donors (Lipinski definition) is 2. The van der Waals surface area contributed by atoms with Crippen molar-refractivity contribution < 1.29 is 4.74 Å². The molecule has 8 heteroatoms. The van der Waals surface area contributed by atoms with E-state index < -0.39 is 0 Å². The number of aromatic amines is 1. The molecular weight excluding hydrogens is 355 g/mol. The van der Waals surface area contributed by atoms with Crippen LogP contribution < -0.4 is 10.2 Å². The summed E-state index contributed by atoms with van der Waals surface area (Å²) in [5.74, 6) is 1.38. The molecule has 0 atom stereocenters. The Hall–Kier alpha value is -1.24. The summed E-state index contributed by atoms with van der Waals surface area (Å²) in [6, 6.07) is 3.67. The van der Waals surface area contributed by atoms with E-state index >= 15 is 0 Å². The number of nitrogens with zero attached hydrogens (tertiary/aromatic N) is 2. The zero-order chi connectivity index (χ0) is 17.0. The van der Waals surface area contributed by atoms with Gasteiger partial charge in [0.25, 0.3) is 0 Å². The molecule has 0 saturated carbocycles. The molecule has 23 heavy (non-hydrogen) atoms. The van der Waals surface area contributed by atoms with Gasteiger partial charge in [-0.3, -0.25) is 5.10 Å². The third kappa shape index (κ3) is 4.62. The monoisotopic (exact) mass is 374 g/mol. The maximum atomic E-state index is 6.27. The van der Waals surface area contributed by atoms with E-state index in [9.17, 15) is 0 Å². The summed E-state index contributed by atoms with van der Waals surface area (Å²) in [6.07, 6.45) is 1.83. The number of rotatable bonds is 7. The number of hydrogen-bond acceptors (Lipinski definition) is 4. The highest BCUT2D eigenvalue weighted by molar-refractivity contribution is 7.71. The molecule has 2 N–H and O–H groups in total. The first-order valence-electron chi connectivity index (χ1n) is 7.47. The van der Waals surface area contributed by atoms with Gasteiger partial charge in [0.05, 0.1) is 22.7 Å². The third-order valence-electron chi connectivity index (χ3n) is 3.07. The van der Waals surface area contributed by atoms with E-state index in [1.807, 2.05) is 26.0 Å². The van der Waals surface area contributed by atoms with Crippen molar-refractivity contribution in [3.05, 3.63) is 38.3 Å². The molecule has 2 rings (SSSR count). The number of aromatic nitrogens is 3. The molecule has 1 aromatic carbocycles. The molecule has 0 unspecified atom stereocenters. The fourth-order valence-electron chi connectivity index (χ4n) is 2.12. The molecule has 0 spiro atoms. The summed E-state index contributed by atoms with van der Waals surface area (Å²) in [5.41, 5.74) is 4.17. The molecule has 0 aliphatic carbocycles. The fourth-order valence-corrected chi connectivity index (χ4v) is 2.95. The second-order valence-electron chi connectivity index (χ2n) is 5.42. The minimum Gasteiger partial charge on any atom is -0.488 e. The zero-order valence-electron chi connectivity index (χ0n) is 13.3. The quantitative estimate of drug-likeness (QED) is 0.687. The van der Waals surface area contributed by atoms with E-state index in [1.165, 1.54) is 0 Å². The van der Waals surface area contributed by atoms with Crippen LogP contribution in [0, 0.1) is 4.77 Å². The second kappa shape index (κ2) is 8.04. The lowest BCUT2D eigenvalue weighted by molar-refractivity contribution is 0.242. The van der Waals surface area contributed by atoms with Crippen LogP contribution in [0.1, 0.15) is 38.6 Å². The topological polar surface area (TPSA) is 54.9 Å². The Morgan fingerprint density at radius 3 is 2.57 bits per heavy atom. The molecule has 0 saturated heterocycles. The van der Waals surface area contributed by atoms with E-state index in [-0.39, 0.29) is 6.10 Å². The number of aryl methyl sites for hydroxylation is 1. The van der Waals surface area contributed by atoms with E-state index in [2.05, 4.69) is 22.5 Å². The van der Waals surface area contributed by atoms with E-state index in [0.717, 1.165) is 24.2 Å². The summed E-state index contributed by atoms with van der Waals surface area (Å²) >= 11 is 17.8. The fraction of sp³-hybridized carbons (Fsp3) is 0.467. The van der Waals surface area contributed by atoms with Gasteiger partial charge in [0, 0.05) is 6.42 Å². The smallest absolute Gasteiger partial charge is 0.214 e. The lowest BCUT2D eigenvalue weighted by Crippen LogP contribution is -2.17. The molecule has 1 aromatic heterocycles. The highest BCUT2D eigenvalue weighted by Crippen LogP contribution is 2.35. The Morgan fingerprint density at radius 1 is 1.35 bits per heavy atom. The van der Waals surface area contributed by atoms with Crippen molar-refractivity contribution in [3.8, 4) is 5.75 Å². The molecule has 5 nitrogen and oxygen atoms in total. The molecule has 0 fully saturated rings. The largest absolute Gasteiger partial charge is 0.488 e. The lowest BCUT2D eigenvalue weighted by Gasteiger charge is -2.15. The standard InChI is InChI=1S/C15H20Cl2N4OS/c1-4-5-13-19-20-15(23)21(13)18-8-10-6-11(16)14(12(17)7-10)22-9(2)3/h6-7,9,18H,4-5,8H2,1-3H3,(H,20,23). The van der Waals surface area contributed by atoms with Crippen LogP contribution in [-0.4, -0.2) is 21.0 Å². The first-order chi connectivity index (χ1) is 10.9. The summed E-state index contributed by atoms with van der Waals surface area (Å²) in [5, 5.41) is 7.99. The predicted octanol–water partition coefficient (Wildman–Crippen LogP) is 4.73. The number of H-pyrrole nitrogens is 1. The molecular formula is C15H20Cl2N4OS. The molecule has 0 radical (unpaired) electrons. The minimum absolute atomic E-state index is 0.00911. The molecule has 0 aliphatic rings. The Morgan fingerprint density at radius 2 is 2.00 bits per heavy atom. The molecule has 1 heterocycles. The Labute approximate surface area is 150 Å². The Kier molecular flexibility index (Phi) is 6.33. The molecule has 0 bridgehead atoms. The Balaban J connectivity index is 2.16. The second-order valence-corrected chi connectivity index (χ2v) is 6.62. The van der Waals surface area contributed by atoms with Gasteiger partial charge in [0.1, 0.15) is 0 Å². The van der Waals surface area contributed by atoms with Crippen LogP contribution in [-0.2, 0) is 13.0 Å². The van der Waals surface area contributed by atoms with Crippen LogP contribution in [0.4, 0.5) is 0 Å². The van der Waals surface area contributed by atoms with Gasteiger partial charge < -0.3 is 10.2 Å². The molecule has 126 valence electrons. The van der Waals surface area contributed by atoms with Crippen molar-refractivity contribution >= 4 is 35.4 Å². The van der Waals surface area contributed by atoms with Gasteiger partial charge in [-0.05, 0) is 50.2 Å². The van der Waals surface area contributed by atoms with Crippen LogP contribution in [0.15, 0.2) is 12.1 Å². The number of nitrogens with one attached hydrogen (secondary N) is 2. The summed E-state index contributed by atoms with van der Waals surface area (Å²) < 4.78 is 7.94. The van der Waals surface area contributed by atoms with Crippen LogP contribution >= 0.6 is 35.4 Å². The van der Waals surface area contributed by atoms with Crippen LogP contribution in [0.25, 0.3) is 0 Å². The van der Waals surface area contributed by atoms with Crippen LogP contribution in [0.5, 0.6) is 5.75 Å². The Bertz CT molecular complexity index is 704. The number of ether oxygens (including phenoxy) is 1. The predicted molar refractivity (Wildman–Crippen MR) is 96.7 cm³/mol. The highest BCUT2D eigenvalue weighted by atomic mass is 35.5. The van der Waals surface area contributed by atoms with Crippen molar-refractivity contribution in [2.24, 2.45) is 0 Å². The van der Waals surface area contributed by atoms with Crippen molar-refractivity contribution in [3.63, 3.8) is 0 Å². The summed E-state index contributed by atoms with van der Waals surface area (Å²) in [6.45, 7) is 6.47. The lowest BCUT2D eigenvalue weighted by atomic mass is 10.2. The van der Waals surface area contributed by atoms with Gasteiger partial charge in [0.2, 0.25) is 4.77 Å². The van der Waals surface area contributed by atoms with E-state index in [4.69, 9.17) is 40.2 Å². The first-order valence-corrected chi connectivity index (χ1v) is 8.63. The van der Waals surface area contributed by atoms with Gasteiger partial charge in [-0.15, -0.1) is 0 Å². The van der Waals surface area contributed by atoms with Crippen LogP contribution in [0.3, 0.4) is 0 Å². The average Bonchev–Trinajstić information content (AvgIpc) is 2.81. The number of benzene rings is 1. The van der Waals surface area contributed by atoms with Crippen LogP contribution in [0.2, 0.25) is 10.0 Å². The normalized spacial score (nSPS) is 11.0. The van der Waals surface area contributed by atoms with Gasteiger partial charge >= 0.3 is 0 Å². The van der Waals surface area contributed by atoms with E-state index in [0.29, 0.717) is 27.1 Å².